The molecule has 0 aliphatic rings. The average molecular weight is 215 g/mol. The summed E-state index contributed by atoms with van der Waals surface area (Å²) in [5.74, 6) is 0. The Morgan fingerprint density at radius 3 is 2.17 bits per heavy atom. The summed E-state index contributed by atoms with van der Waals surface area (Å²) in [6, 6.07) is 0. The Balaban J connectivity index is -0.0000000267. The molecule has 0 aromatic carbocycles. The fourth-order valence-corrected chi connectivity index (χ4v) is 0. The number of rotatable bonds is 0. The summed E-state index contributed by atoms with van der Waals surface area (Å²) in [6.07, 6.45) is -1.25. The average Bonchev–Trinajstić information content (AvgIpc) is 1.38. The summed E-state index contributed by atoms with van der Waals surface area (Å²) in [7, 11) is 1.10. The van der Waals surface area contributed by atoms with Crippen molar-refractivity contribution in [3.63, 3.8) is 0 Å². The van der Waals surface area contributed by atoms with Gasteiger partial charge in [-0.05, 0) is 0 Å². The molecule has 0 aromatic heterocycles. The third-order valence-electron chi connectivity index (χ3n) is 0.175. The Bertz CT molecular complexity index is 50.5. The van der Waals surface area contributed by atoms with Crippen molar-refractivity contribution in [2.45, 2.75) is 0 Å². The van der Waals surface area contributed by atoms with Gasteiger partial charge in [0.15, 0.2) is 0 Å². The maximum atomic E-state index is 9.15. The van der Waals surface area contributed by atoms with Gasteiger partial charge in [0, 0.05) is 0 Å². The van der Waals surface area contributed by atoms with Crippen LogP contribution in [0.4, 0.5) is 4.79 Å². The van der Waals surface area contributed by atoms with Crippen LogP contribution in [0.5, 0.6) is 0 Å². The van der Waals surface area contributed by atoms with Crippen molar-refractivity contribution in [2.24, 2.45) is 0 Å². The van der Waals surface area contributed by atoms with Crippen LogP contribution in [-0.2, 0) is 4.74 Å². The minimum atomic E-state index is -1.25. The van der Waals surface area contributed by atoms with Crippen LogP contribution in [0.15, 0.2) is 0 Å². The fraction of sp³-hybridized carbons (Fsp3) is 0.500. The molecule has 1 N–H and O–H groups in total. The van der Waals surface area contributed by atoms with Gasteiger partial charge in [0.2, 0.25) is 0 Å². The number of methoxy groups -OCH3 is 1. The van der Waals surface area contributed by atoms with Gasteiger partial charge >= 0.3 is 55.0 Å². The molecule has 0 fully saturated rings. The van der Waals surface area contributed by atoms with Gasteiger partial charge in [-0.1, -0.05) is 0 Å². The second-order valence-corrected chi connectivity index (χ2v) is 0.470. The second-order valence-electron chi connectivity index (χ2n) is 0.470. The standard InChI is InChI=1S/C2H4O3.Ba.2H/c1-5-2(3)4;;;/h1H3,(H,3,4);;;/q;+2;2*-1. The minimum Gasteiger partial charge on any atom is -1.00 e. The molecule has 0 aromatic rings. The summed E-state index contributed by atoms with van der Waals surface area (Å²) in [5.41, 5.74) is 0. The van der Waals surface area contributed by atoms with Gasteiger partial charge in [-0.3, -0.25) is 0 Å². The quantitative estimate of drug-likeness (QED) is 0.462. The number of carbonyl (C=O) groups is 1. The molecule has 3 nitrogen and oxygen atoms in total. The van der Waals surface area contributed by atoms with Crippen LogP contribution in [0.1, 0.15) is 2.85 Å². The zero-order valence-electron chi connectivity index (χ0n) is 5.47. The van der Waals surface area contributed by atoms with E-state index in [0.29, 0.717) is 0 Å². The van der Waals surface area contributed by atoms with Gasteiger partial charge in [0.1, 0.15) is 0 Å². The Morgan fingerprint density at radius 2 is 2.17 bits per heavy atom. The van der Waals surface area contributed by atoms with E-state index in [-0.39, 0.29) is 51.7 Å². The first-order valence-electron chi connectivity index (χ1n) is 1.04. The first kappa shape index (κ1) is 9.96. The molecule has 0 aliphatic heterocycles. The van der Waals surface area contributed by atoms with Gasteiger partial charge in [0.05, 0.1) is 7.11 Å². The monoisotopic (exact) mass is 216 g/mol. The predicted molar refractivity (Wildman–Crippen MR) is 23.0 cm³/mol. The third kappa shape index (κ3) is 8.85. The van der Waals surface area contributed by atoms with Crippen molar-refractivity contribution in [3.05, 3.63) is 0 Å². The molecular weight excluding hydrogens is 209 g/mol. The van der Waals surface area contributed by atoms with E-state index in [2.05, 4.69) is 4.74 Å². The van der Waals surface area contributed by atoms with Crippen LogP contribution in [-0.4, -0.2) is 67.3 Å². The Morgan fingerprint density at radius 1 is 2.00 bits per heavy atom. The van der Waals surface area contributed by atoms with E-state index in [1.807, 2.05) is 0 Å². The van der Waals surface area contributed by atoms with Crippen molar-refractivity contribution >= 4 is 55.0 Å². The maximum absolute atomic E-state index is 9.15. The van der Waals surface area contributed by atoms with E-state index >= 15 is 0 Å². The van der Waals surface area contributed by atoms with Crippen LogP contribution >= 0.6 is 0 Å². The molecule has 6 heavy (non-hydrogen) atoms. The van der Waals surface area contributed by atoms with Gasteiger partial charge in [0.25, 0.3) is 0 Å². The molecule has 0 aliphatic carbocycles. The van der Waals surface area contributed by atoms with Gasteiger partial charge in [-0.2, -0.15) is 0 Å². The van der Waals surface area contributed by atoms with Crippen LogP contribution < -0.4 is 0 Å². The summed E-state index contributed by atoms with van der Waals surface area (Å²) in [4.78, 5) is 9.15. The number of ether oxygens (including phenoxy) is 1. The molecule has 0 saturated heterocycles. The summed E-state index contributed by atoms with van der Waals surface area (Å²) >= 11 is 0. The van der Waals surface area contributed by atoms with Gasteiger partial charge < -0.3 is 12.7 Å². The molecule has 0 saturated carbocycles. The summed E-state index contributed by atoms with van der Waals surface area (Å²) in [5, 5.41) is 7.50. The number of carboxylic acid groups (broad SMARTS) is 1. The maximum Gasteiger partial charge on any atom is 2.00 e. The predicted octanol–water partition coefficient (Wildman–Crippen LogP) is 0.155. The summed E-state index contributed by atoms with van der Waals surface area (Å²) < 4.78 is 3.67. The molecule has 34 valence electrons. The van der Waals surface area contributed by atoms with Crippen LogP contribution in [0, 0.1) is 0 Å². The SMILES string of the molecule is COC(=O)O.[Ba+2].[H-].[H-]. The van der Waals surface area contributed by atoms with E-state index in [9.17, 15) is 0 Å². The second kappa shape index (κ2) is 5.84. The van der Waals surface area contributed by atoms with Crippen LogP contribution in [0.25, 0.3) is 0 Å². The van der Waals surface area contributed by atoms with Gasteiger partial charge in [-0.25, -0.2) is 4.79 Å². The molecule has 0 heterocycles. The van der Waals surface area contributed by atoms with Crippen molar-refractivity contribution in [1.82, 2.24) is 0 Å². The van der Waals surface area contributed by atoms with E-state index in [4.69, 9.17) is 9.90 Å². The van der Waals surface area contributed by atoms with Crippen LogP contribution in [0.3, 0.4) is 0 Å². The van der Waals surface area contributed by atoms with Crippen molar-refractivity contribution < 1.29 is 17.5 Å². The summed E-state index contributed by atoms with van der Waals surface area (Å²) in [6.45, 7) is 0. The zero-order chi connectivity index (χ0) is 4.28. The molecule has 0 rings (SSSR count). The first-order valence-corrected chi connectivity index (χ1v) is 1.04. The van der Waals surface area contributed by atoms with E-state index in [1.165, 1.54) is 0 Å². The van der Waals surface area contributed by atoms with Crippen LogP contribution in [0.2, 0.25) is 0 Å². The van der Waals surface area contributed by atoms with Crippen molar-refractivity contribution in [1.29, 1.82) is 0 Å². The molecule has 4 heteroatoms. The third-order valence-corrected chi connectivity index (χ3v) is 0.175. The number of hydrogen-bond donors (Lipinski definition) is 1. The minimum absolute atomic E-state index is 0. The van der Waals surface area contributed by atoms with E-state index in [0.717, 1.165) is 7.11 Å². The topological polar surface area (TPSA) is 46.5 Å². The molecule has 0 amide bonds. The van der Waals surface area contributed by atoms with E-state index in [1.54, 1.807) is 0 Å². The molecule has 0 radical (unpaired) electrons. The number of hydrogen-bond acceptors (Lipinski definition) is 2. The molecule has 0 spiro atoms. The normalized spacial score (nSPS) is 5.50. The van der Waals surface area contributed by atoms with Crippen molar-refractivity contribution in [2.75, 3.05) is 7.11 Å². The van der Waals surface area contributed by atoms with E-state index < -0.39 is 6.16 Å². The Kier molecular flexibility index (Phi) is 9.70. The van der Waals surface area contributed by atoms with Gasteiger partial charge in [-0.15, -0.1) is 0 Å². The molecule has 0 unspecified atom stereocenters. The zero-order valence-corrected chi connectivity index (χ0v) is 7.91. The molecular formula is C2H6BaO3. The van der Waals surface area contributed by atoms with Crippen molar-refractivity contribution in [3.8, 4) is 0 Å². The smallest absolute Gasteiger partial charge is 1.00 e. The molecule has 0 atom stereocenters. The Hall–Kier alpha value is 0.841. The largest absolute Gasteiger partial charge is 2.00 e. The Labute approximate surface area is 78.7 Å². The molecule has 0 bridgehead atoms. The fourth-order valence-electron chi connectivity index (χ4n) is 0. The first-order chi connectivity index (χ1) is 2.27.